The summed E-state index contributed by atoms with van der Waals surface area (Å²) in [4.78, 5) is 6.75. The predicted octanol–water partition coefficient (Wildman–Crippen LogP) is 2.59. The first kappa shape index (κ1) is 13.7. The van der Waals surface area contributed by atoms with Crippen LogP contribution in [0, 0.1) is 0 Å². The lowest BCUT2D eigenvalue weighted by molar-refractivity contribution is 0.306. The van der Waals surface area contributed by atoms with E-state index in [1.54, 1.807) is 0 Å². The van der Waals surface area contributed by atoms with E-state index in [-0.39, 0.29) is 6.04 Å². The molecule has 0 amide bonds. The summed E-state index contributed by atoms with van der Waals surface area (Å²) in [5, 5.41) is 4.01. The summed E-state index contributed by atoms with van der Waals surface area (Å²) < 4.78 is 6.32. The SMILES string of the molecule is NC(CN1CCCC1)c1noc(-c2ccc(Br)cc2)n1. The molecule has 6 heteroatoms. The molecule has 0 aliphatic carbocycles. The highest BCUT2D eigenvalue weighted by Crippen LogP contribution is 2.21. The van der Waals surface area contributed by atoms with Crippen molar-refractivity contribution in [3.63, 3.8) is 0 Å². The van der Waals surface area contributed by atoms with Gasteiger partial charge >= 0.3 is 0 Å². The standard InChI is InChI=1S/C14H17BrN4O/c15-11-5-3-10(4-6-11)14-17-13(18-20-14)12(16)9-19-7-1-2-8-19/h3-6,12H,1-2,7-9,16H2. The van der Waals surface area contributed by atoms with Crippen molar-refractivity contribution in [1.29, 1.82) is 0 Å². The summed E-state index contributed by atoms with van der Waals surface area (Å²) in [5.41, 5.74) is 7.06. The first-order valence-corrected chi connectivity index (χ1v) is 7.59. The van der Waals surface area contributed by atoms with Crippen LogP contribution in [0.1, 0.15) is 24.7 Å². The van der Waals surface area contributed by atoms with Gasteiger partial charge in [-0.3, -0.25) is 0 Å². The van der Waals surface area contributed by atoms with Crippen LogP contribution in [0.5, 0.6) is 0 Å². The molecule has 1 fully saturated rings. The van der Waals surface area contributed by atoms with Crippen molar-refractivity contribution in [1.82, 2.24) is 15.0 Å². The summed E-state index contributed by atoms with van der Waals surface area (Å²) in [7, 11) is 0. The fourth-order valence-corrected chi connectivity index (χ4v) is 2.68. The van der Waals surface area contributed by atoms with Crippen molar-refractivity contribution >= 4 is 15.9 Å². The number of benzene rings is 1. The molecular weight excluding hydrogens is 320 g/mol. The van der Waals surface area contributed by atoms with E-state index < -0.39 is 0 Å². The molecule has 0 saturated carbocycles. The van der Waals surface area contributed by atoms with Gasteiger partial charge in [0.15, 0.2) is 5.82 Å². The number of hydrogen-bond acceptors (Lipinski definition) is 5. The zero-order valence-electron chi connectivity index (χ0n) is 11.1. The second kappa shape index (κ2) is 6.03. The van der Waals surface area contributed by atoms with Gasteiger partial charge in [-0.25, -0.2) is 0 Å². The average molecular weight is 337 g/mol. The summed E-state index contributed by atoms with van der Waals surface area (Å²) in [6.45, 7) is 3.02. The van der Waals surface area contributed by atoms with Crippen LogP contribution in [0.4, 0.5) is 0 Å². The molecular formula is C14H17BrN4O. The maximum Gasteiger partial charge on any atom is 0.257 e. The Morgan fingerprint density at radius 1 is 1.25 bits per heavy atom. The molecule has 2 aromatic rings. The number of rotatable bonds is 4. The van der Waals surface area contributed by atoms with Crippen LogP contribution in [-0.2, 0) is 0 Å². The highest BCUT2D eigenvalue weighted by Gasteiger charge is 2.20. The number of likely N-dealkylation sites (tertiary alicyclic amines) is 1. The van der Waals surface area contributed by atoms with Gasteiger partial charge in [0, 0.05) is 16.6 Å². The summed E-state index contributed by atoms with van der Waals surface area (Å²) in [5.74, 6) is 1.10. The van der Waals surface area contributed by atoms with E-state index in [0.717, 1.165) is 29.7 Å². The Labute approximate surface area is 126 Å². The Morgan fingerprint density at radius 2 is 1.95 bits per heavy atom. The lowest BCUT2D eigenvalue weighted by Gasteiger charge is -2.17. The first-order valence-electron chi connectivity index (χ1n) is 6.80. The van der Waals surface area contributed by atoms with Crippen molar-refractivity contribution in [3.05, 3.63) is 34.6 Å². The van der Waals surface area contributed by atoms with Gasteiger partial charge in [-0.15, -0.1) is 0 Å². The Balaban J connectivity index is 1.70. The van der Waals surface area contributed by atoms with E-state index in [4.69, 9.17) is 10.3 Å². The van der Waals surface area contributed by atoms with Crippen LogP contribution in [0.3, 0.4) is 0 Å². The maximum atomic E-state index is 6.16. The minimum atomic E-state index is -0.193. The molecule has 1 aliphatic heterocycles. The molecule has 2 heterocycles. The molecule has 0 radical (unpaired) electrons. The monoisotopic (exact) mass is 336 g/mol. The third kappa shape index (κ3) is 3.08. The van der Waals surface area contributed by atoms with Crippen LogP contribution in [0.25, 0.3) is 11.5 Å². The van der Waals surface area contributed by atoms with E-state index in [1.165, 1.54) is 12.8 Å². The van der Waals surface area contributed by atoms with Crippen LogP contribution < -0.4 is 5.73 Å². The normalized spacial score (nSPS) is 17.5. The van der Waals surface area contributed by atoms with Crippen molar-refractivity contribution in [3.8, 4) is 11.5 Å². The van der Waals surface area contributed by atoms with Crippen LogP contribution >= 0.6 is 15.9 Å². The Kier molecular flexibility index (Phi) is 4.14. The van der Waals surface area contributed by atoms with E-state index in [1.807, 2.05) is 24.3 Å². The molecule has 1 aliphatic rings. The van der Waals surface area contributed by atoms with E-state index in [0.29, 0.717) is 11.7 Å². The highest BCUT2D eigenvalue weighted by atomic mass is 79.9. The lowest BCUT2D eigenvalue weighted by atomic mass is 10.2. The maximum absolute atomic E-state index is 6.16. The summed E-state index contributed by atoms with van der Waals surface area (Å²) >= 11 is 3.40. The summed E-state index contributed by atoms with van der Waals surface area (Å²) in [6, 6.07) is 7.58. The van der Waals surface area contributed by atoms with Gasteiger partial charge in [0.25, 0.3) is 5.89 Å². The molecule has 1 atom stereocenters. The average Bonchev–Trinajstić information content (AvgIpc) is 3.10. The molecule has 1 saturated heterocycles. The van der Waals surface area contributed by atoms with Gasteiger partial charge in [0.2, 0.25) is 0 Å². The van der Waals surface area contributed by atoms with Gasteiger partial charge in [0.05, 0.1) is 6.04 Å². The lowest BCUT2D eigenvalue weighted by Crippen LogP contribution is -2.30. The zero-order chi connectivity index (χ0) is 13.9. The van der Waals surface area contributed by atoms with Gasteiger partial charge < -0.3 is 15.2 Å². The van der Waals surface area contributed by atoms with Crippen molar-refractivity contribution in [2.24, 2.45) is 5.73 Å². The number of aromatic nitrogens is 2. The third-order valence-corrected chi connectivity index (χ3v) is 4.05. The number of nitrogens with two attached hydrogens (primary N) is 1. The molecule has 3 rings (SSSR count). The van der Waals surface area contributed by atoms with Crippen LogP contribution in [0.2, 0.25) is 0 Å². The molecule has 0 bridgehead atoms. The minimum absolute atomic E-state index is 0.193. The Morgan fingerprint density at radius 3 is 2.65 bits per heavy atom. The second-order valence-corrected chi connectivity index (χ2v) is 5.99. The van der Waals surface area contributed by atoms with E-state index >= 15 is 0 Å². The van der Waals surface area contributed by atoms with Gasteiger partial charge in [-0.05, 0) is 50.2 Å². The van der Waals surface area contributed by atoms with Crippen molar-refractivity contribution < 1.29 is 4.52 Å². The molecule has 20 heavy (non-hydrogen) atoms. The fraction of sp³-hybridized carbons (Fsp3) is 0.429. The largest absolute Gasteiger partial charge is 0.334 e. The smallest absolute Gasteiger partial charge is 0.257 e. The Bertz CT molecular complexity index is 563. The van der Waals surface area contributed by atoms with Crippen molar-refractivity contribution in [2.75, 3.05) is 19.6 Å². The van der Waals surface area contributed by atoms with Gasteiger partial charge in [0.1, 0.15) is 0 Å². The van der Waals surface area contributed by atoms with Gasteiger partial charge in [-0.2, -0.15) is 4.98 Å². The molecule has 1 aromatic heterocycles. The van der Waals surface area contributed by atoms with Crippen LogP contribution in [0.15, 0.2) is 33.3 Å². The second-order valence-electron chi connectivity index (χ2n) is 5.08. The molecule has 0 spiro atoms. The minimum Gasteiger partial charge on any atom is -0.334 e. The fourth-order valence-electron chi connectivity index (χ4n) is 2.42. The first-order chi connectivity index (χ1) is 9.72. The molecule has 2 N–H and O–H groups in total. The topological polar surface area (TPSA) is 68.2 Å². The highest BCUT2D eigenvalue weighted by molar-refractivity contribution is 9.10. The molecule has 1 unspecified atom stereocenters. The molecule has 1 aromatic carbocycles. The number of halogens is 1. The molecule has 106 valence electrons. The summed E-state index contributed by atoms with van der Waals surface area (Å²) in [6.07, 6.45) is 2.51. The van der Waals surface area contributed by atoms with Crippen molar-refractivity contribution in [2.45, 2.75) is 18.9 Å². The quantitative estimate of drug-likeness (QED) is 0.929. The van der Waals surface area contributed by atoms with E-state index in [2.05, 4.69) is 31.0 Å². The Hall–Kier alpha value is -1.24. The zero-order valence-corrected chi connectivity index (χ0v) is 12.7. The third-order valence-electron chi connectivity index (χ3n) is 3.52. The van der Waals surface area contributed by atoms with Gasteiger partial charge in [-0.1, -0.05) is 21.1 Å². The van der Waals surface area contributed by atoms with Crippen LogP contribution in [-0.4, -0.2) is 34.7 Å². The number of nitrogens with zero attached hydrogens (tertiary/aromatic N) is 3. The molecule has 5 nitrogen and oxygen atoms in total. The predicted molar refractivity (Wildman–Crippen MR) is 80.0 cm³/mol. The van der Waals surface area contributed by atoms with E-state index in [9.17, 15) is 0 Å². The number of hydrogen-bond donors (Lipinski definition) is 1.